The van der Waals surface area contributed by atoms with E-state index in [0.29, 0.717) is 92.3 Å². The number of nitrogens with one attached hydrogen (secondary N) is 2. The van der Waals surface area contributed by atoms with Gasteiger partial charge in [-0.3, -0.25) is 0 Å². The van der Waals surface area contributed by atoms with E-state index in [1.54, 1.807) is 90.6 Å². The Bertz CT molecular complexity index is 3850. The number of hydrogen-bond donors (Lipinski definition) is 3. The summed E-state index contributed by atoms with van der Waals surface area (Å²) in [6.07, 6.45) is 5.43. The van der Waals surface area contributed by atoms with Crippen molar-refractivity contribution in [2.75, 3.05) is 32.0 Å². The van der Waals surface area contributed by atoms with Crippen molar-refractivity contribution < 1.29 is 71.5 Å². The molecule has 0 saturated carbocycles. The van der Waals surface area contributed by atoms with Crippen molar-refractivity contribution >= 4 is 69.2 Å². The van der Waals surface area contributed by atoms with Crippen LogP contribution in [0, 0.1) is 13.8 Å². The van der Waals surface area contributed by atoms with Crippen LogP contribution in [0.25, 0.3) is 34.2 Å². The molecule has 4 heterocycles. The molecule has 6 aromatic carbocycles. The van der Waals surface area contributed by atoms with E-state index in [0.717, 1.165) is 53.0 Å². The van der Waals surface area contributed by atoms with Crippen LogP contribution in [0.5, 0.6) is 34.5 Å². The van der Waals surface area contributed by atoms with Crippen molar-refractivity contribution in [3.05, 3.63) is 215 Å². The smallest absolute Gasteiger partial charge is 0.870 e. The zero-order chi connectivity index (χ0) is 55.4. The van der Waals surface area contributed by atoms with Gasteiger partial charge >= 0.3 is 30.8 Å². The molecule has 0 aliphatic carbocycles. The predicted molar refractivity (Wildman–Crippen MR) is 301 cm³/mol. The molecule has 0 atom stereocenters. The number of carbonyl (C=O) groups excluding carboxylic acids is 1. The number of carboxylic acids is 1. The zero-order valence-electron chi connectivity index (χ0n) is 44.9. The fourth-order valence-electron chi connectivity index (χ4n) is 8.18. The second-order valence-electron chi connectivity index (χ2n) is 17.8. The molecule has 0 radical (unpaired) electrons. The topological polar surface area (TPSA) is 216 Å². The van der Waals surface area contributed by atoms with Gasteiger partial charge in [0.1, 0.15) is 45.3 Å². The number of ether oxygens (including phenoxy) is 5. The quantitative estimate of drug-likeness (QED) is 0.0414. The van der Waals surface area contributed by atoms with Gasteiger partial charge in [-0.05, 0) is 121 Å². The van der Waals surface area contributed by atoms with Crippen molar-refractivity contribution in [1.29, 1.82) is 0 Å². The number of benzene rings is 6. The van der Waals surface area contributed by atoms with E-state index in [9.17, 15) is 18.4 Å². The van der Waals surface area contributed by atoms with Crippen molar-refractivity contribution in [1.82, 2.24) is 29.5 Å². The number of methoxy groups -OCH3 is 3. The maximum Gasteiger partial charge on any atom is 1.00 e. The van der Waals surface area contributed by atoms with Crippen LogP contribution in [0.1, 0.15) is 33.4 Å². The zero-order valence-corrected chi connectivity index (χ0v) is 44.9. The molecular formula is C61H53F2LiN8O9. The molecule has 0 saturated heterocycles. The van der Waals surface area contributed by atoms with Crippen molar-refractivity contribution in [2.24, 2.45) is 0 Å². The van der Waals surface area contributed by atoms with E-state index in [1.807, 2.05) is 117 Å². The van der Waals surface area contributed by atoms with Crippen LogP contribution >= 0.6 is 0 Å². The van der Waals surface area contributed by atoms with Gasteiger partial charge in [0.15, 0.2) is 22.9 Å². The summed E-state index contributed by atoms with van der Waals surface area (Å²) in [6.45, 7) is 4.91. The summed E-state index contributed by atoms with van der Waals surface area (Å²) >= 11 is 0. The molecular weight excluding hydrogens is 1030 g/mol. The van der Waals surface area contributed by atoms with Gasteiger partial charge in [0.25, 0.3) is 0 Å². The minimum absolute atomic E-state index is 0. The normalized spacial score (nSPS) is 11.1. The number of pyridine rings is 2. The molecule has 10 rings (SSSR count). The van der Waals surface area contributed by atoms with Gasteiger partial charge in [0.2, 0.25) is 11.7 Å². The van der Waals surface area contributed by atoms with E-state index < -0.39 is 23.6 Å². The second kappa shape index (κ2) is 27.2. The summed E-state index contributed by atoms with van der Waals surface area (Å²) in [6, 6.07) is 48.1. The SMILES string of the molecule is COC(=O)/C(F)=C/c1cccc(Nc2nn(Cc3ccc(OC)cc3)c3nccc(Oc4ccc(C)cc4)c23)c1.COc1ccc(Cn2nc(Nc3cccc(/C=C(\F)C(=O)O)c3)c3c(Oc4ccc(C)cc4)ccnc32)cc1.[Li+].[OH-]. The first kappa shape index (κ1) is 58.9. The summed E-state index contributed by atoms with van der Waals surface area (Å²) in [5.41, 5.74) is 7.55. The first-order valence-corrected chi connectivity index (χ1v) is 24.6. The van der Waals surface area contributed by atoms with E-state index >= 15 is 0 Å². The average molecular weight is 1090 g/mol. The van der Waals surface area contributed by atoms with Crippen molar-refractivity contribution in [2.45, 2.75) is 26.9 Å². The molecule has 406 valence electrons. The molecule has 0 aliphatic rings. The predicted octanol–water partition coefficient (Wildman–Crippen LogP) is 10.4. The van der Waals surface area contributed by atoms with Gasteiger partial charge in [-0.1, -0.05) is 83.9 Å². The van der Waals surface area contributed by atoms with Gasteiger partial charge in [0, 0.05) is 35.9 Å². The average Bonchev–Trinajstić information content (AvgIpc) is 4.10. The second-order valence-corrected chi connectivity index (χ2v) is 17.8. The Morgan fingerprint density at radius 2 is 0.951 bits per heavy atom. The van der Waals surface area contributed by atoms with Crippen LogP contribution in [0.3, 0.4) is 0 Å². The summed E-state index contributed by atoms with van der Waals surface area (Å²) < 4.78 is 58.9. The third kappa shape index (κ3) is 14.9. The first-order valence-electron chi connectivity index (χ1n) is 24.6. The van der Waals surface area contributed by atoms with E-state index in [4.69, 9.17) is 34.3 Å². The van der Waals surface area contributed by atoms with Crippen LogP contribution < -0.4 is 48.4 Å². The molecule has 10 aromatic rings. The molecule has 0 spiro atoms. The number of rotatable bonds is 18. The number of nitrogens with zero attached hydrogens (tertiary/aromatic N) is 6. The number of carbonyl (C=O) groups is 2. The Morgan fingerprint density at radius 1 is 0.556 bits per heavy atom. The number of anilines is 4. The molecule has 17 nitrogen and oxygen atoms in total. The fourth-order valence-corrected chi connectivity index (χ4v) is 8.18. The number of aryl methyl sites for hydroxylation is 2. The molecule has 81 heavy (non-hydrogen) atoms. The van der Waals surface area contributed by atoms with Crippen LogP contribution in [0.15, 0.2) is 182 Å². The maximum atomic E-state index is 14.1. The number of hydrogen-bond acceptors (Lipinski definition) is 14. The van der Waals surface area contributed by atoms with Crippen molar-refractivity contribution in [3.8, 4) is 34.5 Å². The fraction of sp³-hybridized carbons (Fsp3) is 0.115. The van der Waals surface area contributed by atoms with Crippen LogP contribution in [0.4, 0.5) is 31.8 Å². The summed E-state index contributed by atoms with van der Waals surface area (Å²) in [4.78, 5) is 31.7. The minimum Gasteiger partial charge on any atom is -0.870 e. The Hall–Kier alpha value is -9.80. The number of carboxylic acid groups (broad SMARTS) is 1. The van der Waals surface area contributed by atoms with Gasteiger partial charge < -0.3 is 44.9 Å². The molecule has 0 fully saturated rings. The number of aliphatic carboxylic acids is 1. The molecule has 20 heteroatoms. The van der Waals surface area contributed by atoms with Gasteiger partial charge in [-0.2, -0.15) is 19.0 Å². The molecule has 0 bridgehead atoms. The first-order chi connectivity index (χ1) is 38.3. The maximum absolute atomic E-state index is 14.1. The van der Waals surface area contributed by atoms with E-state index in [2.05, 4.69) is 25.3 Å². The standard InChI is InChI=1S/C31H27FN4O4.C30H25FN4O4.Li.H2O/c1-20-7-11-25(12-8-20)40-27-15-16-33-30-28(27)29(35-36(30)19-21-9-13-24(38-2)14-10-21)34-23-6-4-5-22(17-23)18-26(32)31(37)39-3;1-19-6-10-24(11-7-19)39-26-14-15-32-29-27(26)28(34-35(29)18-20-8-12-23(38-2)13-9-20)33-22-5-3-4-21(16-22)17-25(31)30(36)37;;/h4-18H,19H2,1-3H3,(H,34,35);3-17H,18H2,1-2H3,(H,33,34)(H,36,37);;1H2/q;;+1;/p-1/b26-18-;25-17-;;. The Kier molecular flexibility index (Phi) is 19.8. The molecule has 0 aliphatic heterocycles. The molecule has 0 amide bonds. The largest absolute Gasteiger partial charge is 1.00 e. The number of aromatic nitrogens is 6. The van der Waals surface area contributed by atoms with Gasteiger partial charge in [-0.25, -0.2) is 28.9 Å². The monoisotopic (exact) mass is 1090 g/mol. The molecule has 0 unspecified atom stereocenters. The molecule has 4 N–H and O–H groups in total. The summed E-state index contributed by atoms with van der Waals surface area (Å²) in [5, 5.41) is 26.5. The van der Waals surface area contributed by atoms with E-state index in [1.165, 1.54) is 0 Å². The summed E-state index contributed by atoms with van der Waals surface area (Å²) in [5.74, 6) is 0.0767. The van der Waals surface area contributed by atoms with Gasteiger partial charge in [-0.15, -0.1) is 0 Å². The molecule has 4 aromatic heterocycles. The van der Waals surface area contributed by atoms with E-state index in [-0.39, 0.29) is 24.3 Å². The minimum atomic E-state index is -1.62. The third-order valence-corrected chi connectivity index (χ3v) is 12.1. The van der Waals surface area contributed by atoms with Crippen LogP contribution in [0.2, 0.25) is 0 Å². The number of halogens is 2. The summed E-state index contributed by atoms with van der Waals surface area (Å²) in [7, 11) is 4.38. The van der Waals surface area contributed by atoms with Crippen molar-refractivity contribution in [3.63, 3.8) is 0 Å². The van der Waals surface area contributed by atoms with Gasteiger partial charge in [0.05, 0.1) is 34.4 Å². The number of esters is 1. The van der Waals surface area contributed by atoms with Crippen LogP contribution in [-0.2, 0) is 27.4 Å². The van der Waals surface area contributed by atoms with Crippen LogP contribution in [-0.4, -0.2) is 73.4 Å². The number of fused-ring (bicyclic) bond motifs is 2. The Labute approximate surface area is 476 Å². The Balaban J connectivity index is 0.000000228. The third-order valence-electron chi connectivity index (χ3n) is 12.1. The Morgan fingerprint density at radius 3 is 1.33 bits per heavy atom.